The van der Waals surface area contributed by atoms with Crippen LogP contribution in [0.15, 0.2) is 29.4 Å². The lowest BCUT2D eigenvalue weighted by Gasteiger charge is -2.20. The van der Waals surface area contributed by atoms with Crippen LogP contribution < -0.4 is 0 Å². The topological polar surface area (TPSA) is 32.6 Å². The van der Waals surface area contributed by atoms with E-state index in [2.05, 4.69) is 5.16 Å². The van der Waals surface area contributed by atoms with Crippen LogP contribution in [0.3, 0.4) is 0 Å². The number of halogens is 3. The van der Waals surface area contributed by atoms with Gasteiger partial charge in [0.1, 0.15) is 0 Å². The first-order valence-corrected chi connectivity index (χ1v) is 5.06. The summed E-state index contributed by atoms with van der Waals surface area (Å²) >= 11 is 0. The van der Waals surface area contributed by atoms with Crippen LogP contribution in [0.5, 0.6) is 0 Å². The second-order valence-electron chi connectivity index (χ2n) is 4.78. The Balaban J connectivity index is 3.25. The van der Waals surface area contributed by atoms with Gasteiger partial charge in [0, 0.05) is 11.0 Å². The molecule has 0 aromatic heterocycles. The van der Waals surface area contributed by atoms with E-state index in [1.54, 1.807) is 20.8 Å². The minimum absolute atomic E-state index is 0.226. The van der Waals surface area contributed by atoms with E-state index in [0.29, 0.717) is 0 Å². The van der Waals surface area contributed by atoms with Crippen molar-refractivity contribution in [2.75, 3.05) is 0 Å². The number of oxime groups is 1. The molecule has 0 bridgehead atoms. The minimum Gasteiger partial charge on any atom is -0.411 e. The fraction of sp³-hybridized carbons (Fsp3) is 0.417. The molecule has 1 aromatic carbocycles. The van der Waals surface area contributed by atoms with E-state index in [9.17, 15) is 13.2 Å². The molecule has 0 heterocycles. The number of hydrogen-bond donors (Lipinski definition) is 1. The maximum atomic E-state index is 12.5. The Morgan fingerprint density at radius 1 is 1.18 bits per heavy atom. The van der Waals surface area contributed by atoms with E-state index < -0.39 is 17.2 Å². The molecule has 0 saturated carbocycles. The molecule has 2 nitrogen and oxygen atoms in total. The molecule has 5 heteroatoms. The van der Waals surface area contributed by atoms with Crippen molar-refractivity contribution >= 4 is 5.71 Å². The molecule has 0 aliphatic heterocycles. The van der Waals surface area contributed by atoms with Gasteiger partial charge in [0.25, 0.3) is 0 Å². The van der Waals surface area contributed by atoms with Crippen molar-refractivity contribution in [1.29, 1.82) is 0 Å². The molecule has 1 aromatic rings. The lowest BCUT2D eigenvalue weighted by Crippen LogP contribution is -2.22. The zero-order valence-corrected chi connectivity index (χ0v) is 9.84. The molecule has 94 valence electrons. The summed E-state index contributed by atoms with van der Waals surface area (Å²) in [7, 11) is 0. The summed E-state index contributed by atoms with van der Waals surface area (Å²) in [6.45, 7) is 5.30. The third-order valence-electron chi connectivity index (χ3n) is 2.27. The van der Waals surface area contributed by atoms with Crippen LogP contribution in [0.25, 0.3) is 0 Å². The first kappa shape index (κ1) is 13.5. The number of rotatable bonds is 1. The lowest BCUT2D eigenvalue weighted by molar-refractivity contribution is -0.137. The molecule has 0 radical (unpaired) electrons. The van der Waals surface area contributed by atoms with Crippen LogP contribution in [-0.2, 0) is 6.18 Å². The Morgan fingerprint density at radius 2 is 1.76 bits per heavy atom. The van der Waals surface area contributed by atoms with Crippen LogP contribution >= 0.6 is 0 Å². The monoisotopic (exact) mass is 245 g/mol. The zero-order valence-electron chi connectivity index (χ0n) is 9.84. The molecule has 0 atom stereocenters. The van der Waals surface area contributed by atoms with Gasteiger partial charge in [-0.3, -0.25) is 0 Å². The van der Waals surface area contributed by atoms with Crippen molar-refractivity contribution in [3.63, 3.8) is 0 Å². The predicted molar refractivity (Wildman–Crippen MR) is 59.2 cm³/mol. The zero-order chi connectivity index (χ0) is 13.3. The van der Waals surface area contributed by atoms with E-state index in [-0.39, 0.29) is 11.3 Å². The van der Waals surface area contributed by atoms with Gasteiger partial charge in [-0.05, 0) is 12.1 Å². The maximum absolute atomic E-state index is 12.5. The average molecular weight is 245 g/mol. The first-order valence-electron chi connectivity index (χ1n) is 5.06. The number of nitrogens with zero attached hydrogens (tertiary/aromatic N) is 1. The predicted octanol–water partition coefficient (Wildman–Crippen LogP) is 3.93. The normalized spacial score (nSPS) is 13.9. The highest BCUT2D eigenvalue weighted by molar-refractivity contribution is 6.03. The summed E-state index contributed by atoms with van der Waals surface area (Å²) in [6, 6.07) is 4.77. The standard InChI is InChI=1S/C12H14F3NO/c1-11(2,3)10(16-17)8-5-4-6-9(7-8)12(13,14)15/h4-7,17H,1-3H3. The Labute approximate surface area is 97.8 Å². The molecule has 0 aliphatic carbocycles. The van der Waals surface area contributed by atoms with E-state index in [4.69, 9.17) is 5.21 Å². The molecule has 1 rings (SSSR count). The summed E-state index contributed by atoms with van der Waals surface area (Å²) in [4.78, 5) is 0. The van der Waals surface area contributed by atoms with Crippen LogP contribution in [0.2, 0.25) is 0 Å². The van der Waals surface area contributed by atoms with Gasteiger partial charge in [0.15, 0.2) is 0 Å². The van der Waals surface area contributed by atoms with E-state index >= 15 is 0 Å². The fourth-order valence-corrected chi connectivity index (χ4v) is 1.48. The van der Waals surface area contributed by atoms with E-state index in [1.165, 1.54) is 12.1 Å². The Bertz CT molecular complexity index is 430. The van der Waals surface area contributed by atoms with Gasteiger partial charge in [0.2, 0.25) is 0 Å². The highest BCUT2D eigenvalue weighted by atomic mass is 19.4. The molecule has 17 heavy (non-hydrogen) atoms. The molecule has 0 saturated heterocycles. The van der Waals surface area contributed by atoms with Crippen LogP contribution in [0.1, 0.15) is 31.9 Å². The van der Waals surface area contributed by atoms with Crippen molar-refractivity contribution in [2.24, 2.45) is 10.6 Å². The number of alkyl halides is 3. The highest BCUT2D eigenvalue weighted by Crippen LogP contribution is 2.31. The summed E-state index contributed by atoms with van der Waals surface area (Å²) in [5, 5.41) is 12.0. The van der Waals surface area contributed by atoms with Crippen molar-refractivity contribution in [3.05, 3.63) is 35.4 Å². The quantitative estimate of drug-likeness (QED) is 0.454. The molecular formula is C12H14F3NO. The fourth-order valence-electron chi connectivity index (χ4n) is 1.48. The summed E-state index contributed by atoms with van der Waals surface area (Å²) in [6.07, 6.45) is -4.39. The molecular weight excluding hydrogens is 231 g/mol. The van der Waals surface area contributed by atoms with Crippen LogP contribution in [0, 0.1) is 5.41 Å². The van der Waals surface area contributed by atoms with Crippen molar-refractivity contribution < 1.29 is 18.4 Å². The highest BCUT2D eigenvalue weighted by Gasteiger charge is 2.31. The maximum Gasteiger partial charge on any atom is 0.416 e. The van der Waals surface area contributed by atoms with E-state index in [1.807, 2.05) is 0 Å². The van der Waals surface area contributed by atoms with Crippen LogP contribution in [-0.4, -0.2) is 10.9 Å². The third kappa shape index (κ3) is 3.22. The largest absolute Gasteiger partial charge is 0.416 e. The average Bonchev–Trinajstić information content (AvgIpc) is 2.15. The van der Waals surface area contributed by atoms with Gasteiger partial charge in [0.05, 0.1) is 11.3 Å². The smallest absolute Gasteiger partial charge is 0.411 e. The molecule has 0 amide bonds. The van der Waals surface area contributed by atoms with Gasteiger partial charge in [-0.15, -0.1) is 0 Å². The number of hydrogen-bond acceptors (Lipinski definition) is 2. The minimum atomic E-state index is -4.39. The Kier molecular flexibility index (Phi) is 3.50. The Morgan fingerprint density at radius 3 is 2.18 bits per heavy atom. The summed E-state index contributed by atoms with van der Waals surface area (Å²) < 4.78 is 37.6. The van der Waals surface area contributed by atoms with Crippen molar-refractivity contribution in [1.82, 2.24) is 0 Å². The number of benzene rings is 1. The summed E-state index contributed by atoms with van der Waals surface area (Å²) in [5.41, 5.74) is -0.780. The Hall–Kier alpha value is -1.52. The lowest BCUT2D eigenvalue weighted by atomic mass is 9.85. The van der Waals surface area contributed by atoms with Crippen LogP contribution in [0.4, 0.5) is 13.2 Å². The molecule has 1 N–H and O–H groups in total. The van der Waals surface area contributed by atoms with Gasteiger partial charge in [-0.25, -0.2) is 0 Å². The van der Waals surface area contributed by atoms with Crippen molar-refractivity contribution in [3.8, 4) is 0 Å². The van der Waals surface area contributed by atoms with Gasteiger partial charge >= 0.3 is 6.18 Å². The van der Waals surface area contributed by atoms with Gasteiger partial charge < -0.3 is 5.21 Å². The van der Waals surface area contributed by atoms with Gasteiger partial charge in [-0.1, -0.05) is 38.1 Å². The third-order valence-corrected chi connectivity index (χ3v) is 2.27. The SMILES string of the molecule is CC(C)(C)C(=NO)c1cccc(C(F)(F)F)c1. The second-order valence-corrected chi connectivity index (χ2v) is 4.78. The molecule has 0 aliphatic rings. The first-order chi connectivity index (χ1) is 7.66. The molecule has 0 fully saturated rings. The van der Waals surface area contributed by atoms with E-state index in [0.717, 1.165) is 12.1 Å². The van der Waals surface area contributed by atoms with Gasteiger partial charge in [-0.2, -0.15) is 13.2 Å². The molecule has 0 spiro atoms. The second kappa shape index (κ2) is 4.39. The summed E-state index contributed by atoms with van der Waals surface area (Å²) in [5.74, 6) is 0. The molecule has 0 unspecified atom stereocenters. The van der Waals surface area contributed by atoms with Crippen molar-refractivity contribution in [2.45, 2.75) is 26.9 Å².